The van der Waals surface area contributed by atoms with Crippen LogP contribution in [0.15, 0.2) is 0 Å². The SMILES string of the molecule is CC(=O)P(=O)([O-])[O-].[Na+].[Na+]. The van der Waals surface area contributed by atoms with E-state index in [1.54, 1.807) is 0 Å². The Labute approximate surface area is 97.1 Å². The second-order valence-electron chi connectivity index (χ2n) is 1.02. The van der Waals surface area contributed by atoms with Crippen LogP contribution >= 0.6 is 7.60 Å². The first-order chi connectivity index (χ1) is 2.94. The third kappa shape index (κ3) is 9.82. The third-order valence-electron chi connectivity index (χ3n) is 0.386. The molecule has 0 saturated heterocycles. The fourth-order valence-electron chi connectivity index (χ4n) is 0. The molecule has 0 saturated carbocycles. The minimum atomic E-state index is -4.88. The van der Waals surface area contributed by atoms with Gasteiger partial charge in [0.15, 0.2) is 5.52 Å². The second-order valence-corrected chi connectivity index (χ2v) is 2.64. The van der Waals surface area contributed by atoms with Crippen LogP contribution in [-0.4, -0.2) is 5.52 Å². The number of carbonyl (C=O) groups is 1. The predicted molar refractivity (Wildman–Crippen MR) is 18.3 cm³/mol. The number of hydrogen-bond acceptors (Lipinski definition) is 4. The van der Waals surface area contributed by atoms with Gasteiger partial charge in [-0.15, -0.1) is 0 Å². The maximum atomic E-state index is 9.58. The number of carbonyl (C=O) groups excluding carboxylic acids is 1. The molecule has 0 aromatic heterocycles. The van der Waals surface area contributed by atoms with Crippen LogP contribution in [0.1, 0.15) is 6.92 Å². The van der Waals surface area contributed by atoms with Crippen molar-refractivity contribution in [2.45, 2.75) is 6.92 Å². The van der Waals surface area contributed by atoms with Gasteiger partial charge in [0.05, 0.1) is 0 Å². The van der Waals surface area contributed by atoms with E-state index >= 15 is 0 Å². The monoisotopic (exact) mass is 168 g/mol. The molecule has 0 rings (SSSR count). The Balaban J connectivity index is -0.000000180. The van der Waals surface area contributed by atoms with Crippen molar-refractivity contribution in [1.29, 1.82) is 0 Å². The van der Waals surface area contributed by atoms with E-state index in [1.807, 2.05) is 0 Å². The quantitative estimate of drug-likeness (QED) is 0.287. The summed E-state index contributed by atoms with van der Waals surface area (Å²) in [4.78, 5) is 28.5. The van der Waals surface area contributed by atoms with Crippen molar-refractivity contribution in [3.63, 3.8) is 0 Å². The summed E-state index contributed by atoms with van der Waals surface area (Å²) in [6.45, 7) is 0.723. The van der Waals surface area contributed by atoms with Gasteiger partial charge in [-0.1, -0.05) is 0 Å². The van der Waals surface area contributed by atoms with Gasteiger partial charge in [0.2, 0.25) is 0 Å². The molecular weight excluding hydrogens is 165 g/mol. The summed E-state index contributed by atoms with van der Waals surface area (Å²) >= 11 is 0. The second kappa shape index (κ2) is 6.53. The molecule has 0 radical (unpaired) electrons. The van der Waals surface area contributed by atoms with Crippen LogP contribution in [0.2, 0.25) is 0 Å². The van der Waals surface area contributed by atoms with Crippen LogP contribution in [-0.2, 0) is 9.36 Å². The van der Waals surface area contributed by atoms with Gasteiger partial charge >= 0.3 is 59.1 Å². The van der Waals surface area contributed by atoms with Crippen molar-refractivity contribution >= 4 is 13.1 Å². The minimum Gasteiger partial charge on any atom is -0.805 e. The molecule has 0 aliphatic rings. The molecule has 0 aliphatic carbocycles. The van der Waals surface area contributed by atoms with Gasteiger partial charge in [-0.25, -0.2) is 0 Å². The molecule has 0 aliphatic heterocycles. The zero-order valence-corrected chi connectivity index (χ0v) is 10.5. The molecule has 9 heavy (non-hydrogen) atoms. The third-order valence-corrected chi connectivity index (χ3v) is 1.16. The van der Waals surface area contributed by atoms with Gasteiger partial charge in [0.1, 0.15) is 0 Å². The van der Waals surface area contributed by atoms with Crippen LogP contribution in [0.5, 0.6) is 0 Å². The topological polar surface area (TPSA) is 80.3 Å². The van der Waals surface area contributed by atoms with Crippen molar-refractivity contribution in [2.75, 3.05) is 0 Å². The zero-order valence-electron chi connectivity index (χ0n) is 5.58. The van der Waals surface area contributed by atoms with Crippen molar-refractivity contribution in [1.82, 2.24) is 0 Å². The predicted octanol–water partition coefficient (Wildman–Crippen LogP) is -7.55. The Kier molecular flexibility index (Phi) is 12.4. The van der Waals surface area contributed by atoms with E-state index in [-0.39, 0.29) is 59.1 Å². The fourth-order valence-corrected chi connectivity index (χ4v) is 0. The average Bonchev–Trinajstić information content (AvgIpc) is 1.31. The molecular formula is C2H3Na2O4P. The molecule has 0 heterocycles. The summed E-state index contributed by atoms with van der Waals surface area (Å²) in [5, 5.41) is 0. The summed E-state index contributed by atoms with van der Waals surface area (Å²) in [6, 6.07) is 0. The smallest absolute Gasteiger partial charge is 0.805 e. The van der Waals surface area contributed by atoms with Gasteiger partial charge in [0, 0.05) is 7.60 Å². The van der Waals surface area contributed by atoms with Crippen molar-refractivity contribution < 1.29 is 78.3 Å². The average molecular weight is 168 g/mol. The van der Waals surface area contributed by atoms with Crippen LogP contribution in [0, 0.1) is 0 Å². The summed E-state index contributed by atoms with van der Waals surface area (Å²) in [5.41, 5.74) is -1.31. The van der Waals surface area contributed by atoms with Crippen molar-refractivity contribution in [2.24, 2.45) is 0 Å². The molecule has 0 fully saturated rings. The normalized spacial score (nSPS) is 8.78. The first kappa shape index (κ1) is 17.1. The number of rotatable bonds is 1. The minimum absolute atomic E-state index is 0. The molecule has 0 unspecified atom stereocenters. The van der Waals surface area contributed by atoms with Crippen molar-refractivity contribution in [3.05, 3.63) is 0 Å². The van der Waals surface area contributed by atoms with E-state index in [2.05, 4.69) is 0 Å². The molecule has 7 heteroatoms. The van der Waals surface area contributed by atoms with Crippen LogP contribution in [0.25, 0.3) is 0 Å². The first-order valence-corrected chi connectivity index (χ1v) is 3.02. The molecule has 0 spiro atoms. The standard InChI is InChI=1S/C2H5O4P.2Na/c1-2(3)7(4,5)6;;/h1H3,(H2,4,5,6);;/q;2*+1/p-2. The van der Waals surface area contributed by atoms with Gasteiger partial charge in [-0.05, 0) is 6.92 Å². The van der Waals surface area contributed by atoms with Crippen LogP contribution in [0.3, 0.4) is 0 Å². The Bertz CT molecular complexity index is 129. The van der Waals surface area contributed by atoms with E-state index in [9.17, 15) is 19.1 Å². The van der Waals surface area contributed by atoms with Gasteiger partial charge in [-0.3, -0.25) is 4.79 Å². The largest absolute Gasteiger partial charge is 1.00 e. The summed E-state index contributed by atoms with van der Waals surface area (Å²) in [7, 11) is -4.88. The van der Waals surface area contributed by atoms with Gasteiger partial charge in [-0.2, -0.15) is 0 Å². The van der Waals surface area contributed by atoms with E-state index in [4.69, 9.17) is 0 Å². The molecule has 42 valence electrons. The molecule has 0 aromatic rings. The van der Waals surface area contributed by atoms with E-state index in [1.165, 1.54) is 0 Å². The molecule has 0 bridgehead atoms. The molecule has 0 amide bonds. The van der Waals surface area contributed by atoms with E-state index < -0.39 is 13.1 Å². The molecule has 4 nitrogen and oxygen atoms in total. The van der Waals surface area contributed by atoms with Crippen molar-refractivity contribution in [3.8, 4) is 0 Å². The molecule has 0 atom stereocenters. The first-order valence-electron chi connectivity index (χ1n) is 1.48. The van der Waals surface area contributed by atoms with Crippen LogP contribution in [0.4, 0.5) is 0 Å². The Morgan fingerprint density at radius 3 is 1.44 bits per heavy atom. The van der Waals surface area contributed by atoms with E-state index in [0.717, 1.165) is 6.92 Å². The molecule has 0 N–H and O–H groups in total. The fraction of sp³-hybridized carbons (Fsp3) is 0.500. The summed E-state index contributed by atoms with van der Waals surface area (Å²) in [6.07, 6.45) is 0. The zero-order chi connectivity index (χ0) is 6.08. The van der Waals surface area contributed by atoms with Gasteiger partial charge in [0.25, 0.3) is 0 Å². The number of hydrogen-bond donors (Lipinski definition) is 0. The Morgan fingerprint density at radius 1 is 1.33 bits per heavy atom. The Hall–Kier alpha value is 1.82. The maximum absolute atomic E-state index is 9.58. The molecule has 0 aromatic carbocycles. The van der Waals surface area contributed by atoms with Crippen LogP contribution < -0.4 is 68.9 Å². The summed E-state index contributed by atoms with van der Waals surface area (Å²) in [5.74, 6) is 0. The summed E-state index contributed by atoms with van der Waals surface area (Å²) < 4.78 is 9.45. The maximum Gasteiger partial charge on any atom is 1.00 e. The van der Waals surface area contributed by atoms with Gasteiger partial charge < -0.3 is 14.4 Å². The van der Waals surface area contributed by atoms with E-state index in [0.29, 0.717) is 0 Å². The Morgan fingerprint density at radius 2 is 1.44 bits per heavy atom.